The van der Waals surface area contributed by atoms with E-state index in [0.29, 0.717) is 23.7 Å². The molecule has 6 nitrogen and oxygen atoms in total. The van der Waals surface area contributed by atoms with Crippen molar-refractivity contribution in [3.05, 3.63) is 68.6 Å². The van der Waals surface area contributed by atoms with Gasteiger partial charge in [-0.05, 0) is 41.7 Å². The van der Waals surface area contributed by atoms with Crippen LogP contribution in [0.4, 0.5) is 18.9 Å². The van der Waals surface area contributed by atoms with Crippen LogP contribution in [0.1, 0.15) is 35.4 Å². The summed E-state index contributed by atoms with van der Waals surface area (Å²) in [5.41, 5.74) is -0.258. The van der Waals surface area contributed by atoms with Gasteiger partial charge in [-0.15, -0.1) is 0 Å². The second-order valence-corrected chi connectivity index (χ2v) is 9.60. The minimum Gasteiger partial charge on any atom is -0.358 e. The maximum Gasteiger partial charge on any atom is 0.417 e. The first kappa shape index (κ1) is 23.0. The predicted octanol–water partition coefficient (Wildman–Crippen LogP) is 3.98. The molecule has 1 aromatic carbocycles. The maximum atomic E-state index is 14.2. The summed E-state index contributed by atoms with van der Waals surface area (Å²) < 4.78 is 43.7. The van der Waals surface area contributed by atoms with Gasteiger partial charge in [0, 0.05) is 26.7 Å². The highest BCUT2D eigenvalue weighted by molar-refractivity contribution is 6.33. The van der Waals surface area contributed by atoms with E-state index >= 15 is 0 Å². The van der Waals surface area contributed by atoms with Crippen molar-refractivity contribution in [1.82, 2.24) is 14.7 Å². The molecule has 1 aromatic heterocycles. The van der Waals surface area contributed by atoms with E-state index in [1.54, 1.807) is 17.0 Å². The number of carbonyl (C=O) groups is 1. The minimum atomic E-state index is -4.50. The first-order valence-electron chi connectivity index (χ1n) is 11.3. The Morgan fingerprint density at radius 3 is 2.62 bits per heavy atom. The number of nitrogens with zero attached hydrogens (tertiary/aromatic N) is 4. The van der Waals surface area contributed by atoms with Gasteiger partial charge in [0.25, 0.3) is 5.56 Å². The normalized spacial score (nSPS) is 24.4. The molecule has 0 N–H and O–H groups in total. The molecule has 2 unspecified atom stereocenters. The Morgan fingerprint density at radius 1 is 1.21 bits per heavy atom. The molecule has 0 bridgehead atoms. The van der Waals surface area contributed by atoms with Gasteiger partial charge in [0.2, 0.25) is 5.91 Å². The average molecular weight is 493 g/mol. The Balaban J connectivity index is 1.35. The summed E-state index contributed by atoms with van der Waals surface area (Å²) in [4.78, 5) is 28.0. The number of carbonyl (C=O) groups excluding carboxylic acids is 1. The molecule has 34 heavy (non-hydrogen) atoms. The van der Waals surface area contributed by atoms with Gasteiger partial charge < -0.3 is 9.80 Å². The van der Waals surface area contributed by atoms with Crippen LogP contribution in [0.25, 0.3) is 0 Å². The molecule has 1 saturated heterocycles. The van der Waals surface area contributed by atoms with Crippen molar-refractivity contribution in [2.75, 3.05) is 24.5 Å². The summed E-state index contributed by atoms with van der Waals surface area (Å²) in [6.45, 7) is 0.345. The number of rotatable bonds is 5. The molecule has 1 amide bonds. The SMILES string of the molecule is Cn1ncc(N2CCN(Cc3cccc(C4CC4[C@H]4C=CC4)c3C(F)(F)F)C(=O)C2)c(Cl)c1=O. The lowest BCUT2D eigenvalue weighted by Gasteiger charge is -2.36. The van der Waals surface area contributed by atoms with Gasteiger partial charge in [-0.25, -0.2) is 4.68 Å². The third kappa shape index (κ3) is 4.10. The van der Waals surface area contributed by atoms with Crippen molar-refractivity contribution >= 4 is 23.2 Å². The Labute approximate surface area is 199 Å². The molecule has 2 aromatic rings. The molecule has 1 saturated carbocycles. The van der Waals surface area contributed by atoms with Gasteiger partial charge in [0.15, 0.2) is 0 Å². The zero-order chi connectivity index (χ0) is 24.2. The van der Waals surface area contributed by atoms with Crippen LogP contribution in [-0.2, 0) is 24.6 Å². The smallest absolute Gasteiger partial charge is 0.358 e. The van der Waals surface area contributed by atoms with Crippen LogP contribution in [0.2, 0.25) is 5.02 Å². The van der Waals surface area contributed by atoms with Crippen LogP contribution in [0, 0.1) is 11.8 Å². The number of allylic oxidation sites excluding steroid dienone is 2. The zero-order valence-electron chi connectivity index (χ0n) is 18.6. The van der Waals surface area contributed by atoms with Gasteiger partial charge in [-0.1, -0.05) is 42.0 Å². The Morgan fingerprint density at radius 2 is 1.97 bits per heavy atom. The lowest BCUT2D eigenvalue weighted by Crippen LogP contribution is -2.50. The summed E-state index contributed by atoms with van der Waals surface area (Å²) in [6, 6.07) is 4.72. The lowest BCUT2D eigenvalue weighted by molar-refractivity contribution is -0.140. The van der Waals surface area contributed by atoms with Crippen LogP contribution in [0.3, 0.4) is 0 Å². The standard InChI is InChI=1S/C24H24ClF3N4O2/c1-30-23(34)22(25)19(11-29-30)31-8-9-32(20(33)13-31)12-15-6-3-7-16(21(15)24(26,27)28)18-10-17(18)14-4-2-5-14/h2-4,6-7,11,14,17-18H,5,8-10,12-13H2,1H3/t14-,17?,18?/m0/s1. The summed E-state index contributed by atoms with van der Waals surface area (Å²) in [6.07, 6.45) is 2.77. The quantitative estimate of drug-likeness (QED) is 0.592. The molecular weight excluding hydrogens is 469 g/mol. The highest BCUT2D eigenvalue weighted by Gasteiger charge is 2.48. The summed E-state index contributed by atoms with van der Waals surface area (Å²) >= 11 is 6.15. The molecule has 1 aliphatic heterocycles. The fourth-order valence-electron chi connectivity index (χ4n) is 5.07. The number of aromatic nitrogens is 2. The number of anilines is 1. The zero-order valence-corrected chi connectivity index (χ0v) is 19.3. The van der Waals surface area contributed by atoms with Crippen LogP contribution >= 0.6 is 11.6 Å². The molecule has 2 heterocycles. The molecule has 10 heteroatoms. The Kier molecular flexibility index (Phi) is 5.70. The number of aryl methyl sites for hydroxylation is 1. The fraction of sp³-hybridized carbons (Fsp3) is 0.458. The predicted molar refractivity (Wildman–Crippen MR) is 122 cm³/mol. The number of hydrogen-bond donors (Lipinski definition) is 0. The molecule has 5 rings (SSSR count). The fourth-order valence-corrected chi connectivity index (χ4v) is 5.36. The number of halogens is 4. The molecule has 0 radical (unpaired) electrons. The van der Waals surface area contributed by atoms with E-state index in [1.807, 2.05) is 0 Å². The van der Waals surface area contributed by atoms with E-state index in [4.69, 9.17) is 11.6 Å². The first-order chi connectivity index (χ1) is 16.1. The summed E-state index contributed by atoms with van der Waals surface area (Å²) in [7, 11) is 1.47. The van der Waals surface area contributed by atoms with E-state index in [1.165, 1.54) is 24.2 Å². The number of benzene rings is 1. The van der Waals surface area contributed by atoms with Crippen LogP contribution < -0.4 is 10.5 Å². The van der Waals surface area contributed by atoms with Gasteiger partial charge in [0.05, 0.1) is 24.0 Å². The molecule has 2 fully saturated rings. The van der Waals surface area contributed by atoms with E-state index in [-0.39, 0.29) is 48.0 Å². The van der Waals surface area contributed by atoms with Crippen molar-refractivity contribution in [2.24, 2.45) is 18.9 Å². The lowest BCUT2D eigenvalue weighted by atomic mass is 9.87. The molecule has 2 aliphatic carbocycles. The van der Waals surface area contributed by atoms with Gasteiger partial charge >= 0.3 is 6.18 Å². The van der Waals surface area contributed by atoms with Gasteiger partial charge in [0.1, 0.15) is 5.02 Å². The Hall–Kier alpha value is -2.81. The average Bonchev–Trinajstić information content (AvgIpc) is 3.51. The van der Waals surface area contributed by atoms with E-state index < -0.39 is 17.3 Å². The summed E-state index contributed by atoms with van der Waals surface area (Å²) in [5.74, 6) is 0.226. The van der Waals surface area contributed by atoms with Crippen molar-refractivity contribution in [2.45, 2.75) is 31.5 Å². The monoisotopic (exact) mass is 492 g/mol. The van der Waals surface area contributed by atoms with Crippen molar-refractivity contribution in [3.8, 4) is 0 Å². The second kappa shape index (κ2) is 8.45. The number of alkyl halides is 3. The number of piperazine rings is 1. The summed E-state index contributed by atoms with van der Waals surface area (Å²) in [5, 5.41) is 3.91. The third-order valence-corrected chi connectivity index (χ3v) is 7.48. The third-order valence-electron chi connectivity index (χ3n) is 7.13. The molecular formula is C24H24ClF3N4O2. The first-order valence-corrected chi connectivity index (χ1v) is 11.6. The molecule has 3 atom stereocenters. The van der Waals surface area contributed by atoms with Gasteiger partial charge in [-0.3, -0.25) is 9.59 Å². The van der Waals surface area contributed by atoms with Crippen LogP contribution in [0.5, 0.6) is 0 Å². The number of amides is 1. The van der Waals surface area contributed by atoms with E-state index in [9.17, 15) is 22.8 Å². The largest absolute Gasteiger partial charge is 0.417 e. The van der Waals surface area contributed by atoms with Crippen LogP contribution in [-0.4, -0.2) is 40.2 Å². The highest BCUT2D eigenvalue weighted by Crippen LogP contribution is 2.57. The molecule has 3 aliphatic rings. The molecule has 0 spiro atoms. The minimum absolute atomic E-state index is 0.0360. The Bertz CT molecular complexity index is 1230. The van der Waals surface area contributed by atoms with Gasteiger partial charge in [-0.2, -0.15) is 18.3 Å². The topological polar surface area (TPSA) is 58.4 Å². The molecule has 180 valence electrons. The maximum absolute atomic E-state index is 14.2. The van der Waals surface area contributed by atoms with Crippen molar-refractivity contribution in [1.29, 1.82) is 0 Å². The highest BCUT2D eigenvalue weighted by atomic mass is 35.5. The van der Waals surface area contributed by atoms with Crippen LogP contribution in [0.15, 0.2) is 41.3 Å². The number of hydrogen-bond acceptors (Lipinski definition) is 4. The second-order valence-electron chi connectivity index (χ2n) is 9.22. The van der Waals surface area contributed by atoms with E-state index in [2.05, 4.69) is 17.3 Å². The van der Waals surface area contributed by atoms with Crippen molar-refractivity contribution in [3.63, 3.8) is 0 Å². The van der Waals surface area contributed by atoms with E-state index in [0.717, 1.165) is 17.5 Å². The van der Waals surface area contributed by atoms with Crippen molar-refractivity contribution < 1.29 is 18.0 Å².